The molecule has 0 fully saturated rings. The molecule has 0 aliphatic rings. The zero-order valence-electron chi connectivity index (χ0n) is 17.5. The molecule has 1 atom stereocenters. The molecule has 0 saturated carbocycles. The molecule has 0 spiro atoms. The summed E-state index contributed by atoms with van der Waals surface area (Å²) in [5, 5.41) is 31.8. The van der Waals surface area contributed by atoms with Crippen molar-refractivity contribution in [3.8, 4) is 11.8 Å². The maximum atomic E-state index is 12.9. The molecule has 1 aromatic carbocycles. The van der Waals surface area contributed by atoms with Crippen LogP contribution in [0.1, 0.15) is 74.2 Å². The van der Waals surface area contributed by atoms with E-state index in [0.29, 0.717) is 6.42 Å². The van der Waals surface area contributed by atoms with Crippen molar-refractivity contribution in [1.82, 2.24) is 10.0 Å². The molecule has 4 N–H and O–H groups in total. The minimum absolute atomic E-state index is 0.132. The van der Waals surface area contributed by atoms with Crippen molar-refractivity contribution >= 4 is 11.7 Å². The Morgan fingerprint density at radius 3 is 2.23 bits per heavy atom. The molecular formula is C23H32N2O5. The van der Waals surface area contributed by atoms with Crippen molar-refractivity contribution < 1.29 is 25.0 Å². The molecule has 7 nitrogen and oxygen atoms in total. The lowest BCUT2D eigenvalue weighted by Crippen LogP contribution is -2.42. The second kappa shape index (κ2) is 11.9. The van der Waals surface area contributed by atoms with E-state index >= 15 is 0 Å². The third-order valence-corrected chi connectivity index (χ3v) is 5.14. The summed E-state index contributed by atoms with van der Waals surface area (Å²) in [5.41, 5.74) is 0.603. The van der Waals surface area contributed by atoms with Crippen LogP contribution in [0.25, 0.3) is 0 Å². The first-order valence-electron chi connectivity index (χ1n) is 10.6. The summed E-state index contributed by atoms with van der Waals surface area (Å²) in [5.74, 6) is -2.21. The van der Waals surface area contributed by atoms with Gasteiger partial charge >= 0.3 is 0 Å². The first kappa shape index (κ1) is 23.3. The Hall–Kier alpha value is -2.96. The highest BCUT2D eigenvalue weighted by atomic mass is 16.5. The molecule has 1 amide bonds. The van der Waals surface area contributed by atoms with Crippen LogP contribution < -0.4 is 5.32 Å². The molecule has 2 aromatic rings. The first-order chi connectivity index (χ1) is 14.4. The Labute approximate surface area is 177 Å². The van der Waals surface area contributed by atoms with Crippen molar-refractivity contribution in [2.24, 2.45) is 0 Å². The lowest BCUT2D eigenvalue weighted by atomic mass is 9.98. The Morgan fingerprint density at radius 2 is 1.63 bits per heavy atom. The third-order valence-electron chi connectivity index (χ3n) is 5.14. The number of nitrogens with zero attached hydrogens (tertiary/aromatic N) is 1. The summed E-state index contributed by atoms with van der Waals surface area (Å²) in [4.78, 5) is 25.4. The molecule has 0 unspecified atom stereocenters. The molecule has 2 rings (SSSR count). The molecule has 0 bridgehead atoms. The highest BCUT2D eigenvalue weighted by Gasteiger charge is 2.28. The Balaban J connectivity index is 1.98. The minimum Gasteiger partial charge on any atom is -0.492 e. The number of amides is 1. The van der Waals surface area contributed by atoms with Gasteiger partial charge in [-0.25, -0.2) is 0 Å². The second-order valence-electron chi connectivity index (χ2n) is 7.60. The van der Waals surface area contributed by atoms with E-state index in [4.69, 9.17) is 0 Å². The van der Waals surface area contributed by atoms with Gasteiger partial charge in [0.05, 0.1) is 11.6 Å². The summed E-state index contributed by atoms with van der Waals surface area (Å²) >= 11 is 0. The minimum atomic E-state index is -0.919. The summed E-state index contributed by atoms with van der Waals surface area (Å²) < 4.78 is 0.132. The van der Waals surface area contributed by atoms with Crippen molar-refractivity contribution in [3.63, 3.8) is 0 Å². The standard InChI is InChI=1S/C23H32N2O5/c1-2-3-4-5-6-7-11-14-20(26)24-19(15-17-12-9-8-10-13-17)22(28)18-16-21(27)25(30)23(18)29/h8-10,12-13,16,19,27,29-30H,2-7,11,14-15H2,1H3,(H,24,26)/t19-/m0/s1. The maximum absolute atomic E-state index is 12.9. The highest BCUT2D eigenvalue weighted by Crippen LogP contribution is 2.27. The van der Waals surface area contributed by atoms with Gasteiger partial charge in [-0.3, -0.25) is 9.59 Å². The van der Waals surface area contributed by atoms with Gasteiger partial charge in [0.15, 0.2) is 5.78 Å². The first-order valence-corrected chi connectivity index (χ1v) is 10.6. The highest BCUT2D eigenvalue weighted by molar-refractivity contribution is 6.04. The van der Waals surface area contributed by atoms with Crippen molar-refractivity contribution in [2.45, 2.75) is 70.8 Å². The number of nitrogens with one attached hydrogen (secondary N) is 1. The quantitative estimate of drug-likeness (QED) is 0.222. The van der Waals surface area contributed by atoms with Gasteiger partial charge in [0.25, 0.3) is 0 Å². The smallest absolute Gasteiger partial charge is 0.240 e. The molecule has 0 aliphatic heterocycles. The van der Waals surface area contributed by atoms with E-state index in [2.05, 4.69) is 12.2 Å². The van der Waals surface area contributed by atoms with Gasteiger partial charge in [0, 0.05) is 18.9 Å². The van der Waals surface area contributed by atoms with Gasteiger partial charge in [-0.15, -0.1) is 4.73 Å². The Kier molecular flexibility index (Phi) is 9.25. The van der Waals surface area contributed by atoms with Crippen LogP contribution in [-0.4, -0.2) is 37.9 Å². The average Bonchev–Trinajstić information content (AvgIpc) is 3.00. The van der Waals surface area contributed by atoms with E-state index in [-0.39, 0.29) is 22.6 Å². The predicted molar refractivity (Wildman–Crippen MR) is 114 cm³/mol. The summed E-state index contributed by atoms with van der Waals surface area (Å²) in [6, 6.07) is 9.29. The topological polar surface area (TPSA) is 112 Å². The van der Waals surface area contributed by atoms with Gasteiger partial charge in [-0.1, -0.05) is 75.8 Å². The van der Waals surface area contributed by atoms with Crippen LogP contribution in [0.5, 0.6) is 11.8 Å². The Morgan fingerprint density at radius 1 is 1.00 bits per heavy atom. The average molecular weight is 417 g/mol. The SMILES string of the molecule is CCCCCCCCCC(=O)N[C@@H](Cc1ccccc1)C(=O)c1cc(O)n(O)c1O. The van der Waals surface area contributed by atoms with Crippen molar-refractivity contribution in [1.29, 1.82) is 0 Å². The fourth-order valence-corrected chi connectivity index (χ4v) is 3.41. The number of rotatable bonds is 13. The molecular weight excluding hydrogens is 384 g/mol. The number of unbranched alkanes of at least 4 members (excludes halogenated alkanes) is 6. The van der Waals surface area contributed by atoms with Gasteiger partial charge in [-0.05, 0) is 12.0 Å². The third kappa shape index (κ3) is 6.83. The van der Waals surface area contributed by atoms with Crippen LogP contribution in [-0.2, 0) is 11.2 Å². The van der Waals surface area contributed by atoms with Gasteiger partial charge < -0.3 is 20.7 Å². The maximum Gasteiger partial charge on any atom is 0.240 e. The number of carbonyl (C=O) groups is 2. The zero-order chi connectivity index (χ0) is 21.9. The molecule has 1 aromatic heterocycles. The number of ketones is 1. The number of aromatic nitrogens is 1. The van der Waals surface area contributed by atoms with E-state index in [0.717, 1.165) is 30.9 Å². The number of hydrogen-bond acceptors (Lipinski definition) is 5. The van der Waals surface area contributed by atoms with Gasteiger partial charge in [-0.2, -0.15) is 0 Å². The lowest BCUT2D eigenvalue weighted by Gasteiger charge is -2.18. The molecule has 30 heavy (non-hydrogen) atoms. The molecule has 7 heteroatoms. The van der Waals surface area contributed by atoms with Crippen LogP contribution in [0.3, 0.4) is 0 Å². The largest absolute Gasteiger partial charge is 0.492 e. The van der Waals surface area contributed by atoms with Crippen LogP contribution in [0.2, 0.25) is 0 Å². The normalized spacial score (nSPS) is 11.9. The van der Waals surface area contributed by atoms with Crippen LogP contribution in [0.4, 0.5) is 0 Å². The van der Waals surface area contributed by atoms with Crippen LogP contribution in [0, 0.1) is 0 Å². The number of Topliss-reactive ketones (excluding diaryl/α,β-unsaturated/α-hetero) is 1. The van der Waals surface area contributed by atoms with Gasteiger partial charge in [0.1, 0.15) is 0 Å². The molecule has 1 heterocycles. The summed E-state index contributed by atoms with van der Waals surface area (Å²) in [7, 11) is 0. The fraction of sp³-hybridized carbons (Fsp3) is 0.478. The van der Waals surface area contributed by atoms with Crippen LogP contribution >= 0.6 is 0 Å². The summed E-state index contributed by atoms with van der Waals surface area (Å²) in [6.45, 7) is 2.17. The van der Waals surface area contributed by atoms with E-state index < -0.39 is 23.6 Å². The lowest BCUT2D eigenvalue weighted by molar-refractivity contribution is -0.121. The number of benzene rings is 1. The molecule has 0 radical (unpaired) electrons. The van der Waals surface area contributed by atoms with Crippen molar-refractivity contribution in [2.75, 3.05) is 0 Å². The number of carbonyl (C=O) groups excluding carboxylic acids is 2. The Bertz CT molecular complexity index is 817. The summed E-state index contributed by atoms with van der Waals surface area (Å²) in [6.07, 6.45) is 8.21. The van der Waals surface area contributed by atoms with Crippen LogP contribution in [0.15, 0.2) is 36.4 Å². The zero-order valence-corrected chi connectivity index (χ0v) is 17.5. The predicted octanol–water partition coefficient (Wildman–Crippen LogP) is 4.19. The molecule has 0 saturated heterocycles. The van der Waals surface area contributed by atoms with Gasteiger partial charge in [0.2, 0.25) is 17.7 Å². The number of aromatic hydroxyl groups is 2. The number of hydrogen-bond donors (Lipinski definition) is 4. The second-order valence-corrected chi connectivity index (χ2v) is 7.60. The molecule has 164 valence electrons. The molecule has 0 aliphatic carbocycles. The van der Waals surface area contributed by atoms with E-state index in [1.807, 2.05) is 30.3 Å². The van der Waals surface area contributed by atoms with E-state index in [9.17, 15) is 25.0 Å². The fourth-order valence-electron chi connectivity index (χ4n) is 3.41. The van der Waals surface area contributed by atoms with E-state index in [1.165, 1.54) is 25.7 Å². The monoisotopic (exact) mass is 416 g/mol. The van der Waals surface area contributed by atoms with E-state index in [1.54, 1.807) is 0 Å². The van der Waals surface area contributed by atoms with Crippen molar-refractivity contribution in [3.05, 3.63) is 47.5 Å².